The van der Waals surface area contributed by atoms with Crippen LogP contribution in [0.25, 0.3) is 21.8 Å². The third-order valence-electron chi connectivity index (χ3n) is 5.11. The number of pyridine rings is 1. The summed E-state index contributed by atoms with van der Waals surface area (Å²) in [5.74, 6) is -1.19. The average Bonchev–Trinajstić information content (AvgIpc) is 3.25. The maximum atomic E-state index is 13.2. The SMILES string of the molecule is CN(c1ccc(F)cc1)S(=O)(=O)c1ccc2[nH]c(=O)c3[nH]cc(C(=O)OCCNCl)c3c2c1. The Morgan fingerprint density at radius 2 is 1.94 bits per heavy atom. The van der Waals surface area contributed by atoms with Crippen LogP contribution in [0, 0.1) is 5.82 Å². The number of nitrogens with one attached hydrogen (secondary N) is 3. The summed E-state index contributed by atoms with van der Waals surface area (Å²) in [5.41, 5.74) is 0.315. The maximum absolute atomic E-state index is 13.2. The number of esters is 1. The van der Waals surface area contributed by atoms with Gasteiger partial charge in [-0.25, -0.2) is 22.4 Å². The van der Waals surface area contributed by atoms with Gasteiger partial charge in [-0.15, -0.1) is 0 Å². The van der Waals surface area contributed by atoms with Gasteiger partial charge in [-0.2, -0.15) is 0 Å². The fraction of sp³-hybridized carbons (Fsp3) is 0.143. The zero-order valence-electron chi connectivity index (χ0n) is 17.2. The van der Waals surface area contributed by atoms with Crippen molar-refractivity contribution in [1.82, 2.24) is 14.8 Å². The summed E-state index contributed by atoms with van der Waals surface area (Å²) in [5, 5.41) is 0.570. The summed E-state index contributed by atoms with van der Waals surface area (Å²) in [7, 11) is -2.69. The number of nitrogens with zero attached hydrogens (tertiary/aromatic N) is 1. The number of carbonyl (C=O) groups excluding carboxylic acids is 1. The van der Waals surface area contributed by atoms with Crippen molar-refractivity contribution in [3.63, 3.8) is 0 Å². The van der Waals surface area contributed by atoms with Gasteiger partial charge in [0.2, 0.25) is 0 Å². The Labute approximate surface area is 192 Å². The van der Waals surface area contributed by atoms with Crippen LogP contribution >= 0.6 is 11.8 Å². The molecule has 0 aliphatic rings. The Kier molecular flexibility index (Phi) is 6.11. The number of carbonyl (C=O) groups is 1. The van der Waals surface area contributed by atoms with Gasteiger partial charge in [-0.3, -0.25) is 9.10 Å². The second-order valence-corrected chi connectivity index (χ2v) is 9.32. The van der Waals surface area contributed by atoms with Gasteiger partial charge in [0, 0.05) is 36.1 Å². The molecule has 0 atom stereocenters. The molecule has 4 rings (SSSR count). The lowest BCUT2D eigenvalue weighted by molar-refractivity contribution is 0.0516. The number of ether oxygens (including phenoxy) is 1. The predicted molar refractivity (Wildman–Crippen MR) is 123 cm³/mol. The van der Waals surface area contributed by atoms with Crippen LogP contribution in [0.3, 0.4) is 0 Å². The molecule has 0 spiro atoms. The summed E-state index contributed by atoms with van der Waals surface area (Å²) >= 11 is 5.37. The van der Waals surface area contributed by atoms with Crippen molar-refractivity contribution in [3.05, 3.63) is 70.4 Å². The molecule has 0 saturated heterocycles. The molecule has 12 heteroatoms. The number of fused-ring (bicyclic) bond motifs is 3. The van der Waals surface area contributed by atoms with Crippen LogP contribution in [0.2, 0.25) is 0 Å². The van der Waals surface area contributed by atoms with Gasteiger partial charge in [-0.05, 0) is 54.2 Å². The molecule has 3 N–H and O–H groups in total. The number of aromatic amines is 2. The molecule has 172 valence electrons. The molecule has 33 heavy (non-hydrogen) atoms. The topological polar surface area (TPSA) is 124 Å². The molecule has 0 saturated carbocycles. The van der Waals surface area contributed by atoms with Gasteiger partial charge in [-0.1, -0.05) is 0 Å². The van der Waals surface area contributed by atoms with E-state index < -0.39 is 27.4 Å². The van der Waals surface area contributed by atoms with Crippen molar-refractivity contribution in [1.29, 1.82) is 0 Å². The maximum Gasteiger partial charge on any atom is 0.340 e. The summed E-state index contributed by atoms with van der Waals surface area (Å²) < 4.78 is 45.9. The number of rotatable bonds is 7. The first-order valence-electron chi connectivity index (χ1n) is 9.66. The third-order valence-corrected chi connectivity index (χ3v) is 7.08. The summed E-state index contributed by atoms with van der Waals surface area (Å²) in [6.07, 6.45) is 1.33. The number of hydrogen-bond donors (Lipinski definition) is 3. The van der Waals surface area contributed by atoms with Crippen LogP contribution < -0.4 is 14.7 Å². The van der Waals surface area contributed by atoms with E-state index in [9.17, 15) is 22.4 Å². The quantitative estimate of drug-likeness (QED) is 0.207. The molecule has 0 aliphatic heterocycles. The Balaban J connectivity index is 1.85. The molecule has 0 unspecified atom stereocenters. The van der Waals surface area contributed by atoms with Gasteiger partial charge in [0.25, 0.3) is 15.6 Å². The van der Waals surface area contributed by atoms with Crippen molar-refractivity contribution < 1.29 is 22.3 Å². The summed E-state index contributed by atoms with van der Waals surface area (Å²) in [6.45, 7) is 0.216. The number of sulfonamides is 1. The first-order valence-corrected chi connectivity index (χ1v) is 11.5. The smallest absolute Gasteiger partial charge is 0.340 e. The number of hydrogen-bond acceptors (Lipinski definition) is 6. The molecule has 2 aromatic carbocycles. The Morgan fingerprint density at radius 1 is 1.21 bits per heavy atom. The first kappa shape index (κ1) is 22.8. The van der Waals surface area contributed by atoms with Crippen molar-refractivity contribution in [2.75, 3.05) is 24.5 Å². The average molecular weight is 493 g/mol. The van der Waals surface area contributed by atoms with Crippen LogP contribution in [0.4, 0.5) is 10.1 Å². The van der Waals surface area contributed by atoms with Gasteiger partial charge in [0.15, 0.2) is 0 Å². The van der Waals surface area contributed by atoms with E-state index in [1.54, 1.807) is 0 Å². The largest absolute Gasteiger partial charge is 0.461 e. The van der Waals surface area contributed by atoms with Crippen LogP contribution in [0.5, 0.6) is 0 Å². The monoisotopic (exact) mass is 492 g/mol. The molecule has 2 aromatic heterocycles. The molecule has 0 fully saturated rings. The fourth-order valence-electron chi connectivity index (χ4n) is 3.44. The number of anilines is 1. The Hall–Kier alpha value is -3.41. The van der Waals surface area contributed by atoms with Gasteiger partial charge < -0.3 is 14.7 Å². The summed E-state index contributed by atoms with van der Waals surface area (Å²) in [4.78, 5) is 32.7. The molecule has 2 heterocycles. The van der Waals surface area contributed by atoms with Crippen molar-refractivity contribution in [2.24, 2.45) is 0 Å². The van der Waals surface area contributed by atoms with Crippen molar-refractivity contribution in [3.8, 4) is 0 Å². The Bertz CT molecular complexity index is 1520. The number of H-pyrrole nitrogens is 2. The van der Waals surface area contributed by atoms with Gasteiger partial charge >= 0.3 is 5.97 Å². The van der Waals surface area contributed by atoms with Crippen LogP contribution in [-0.4, -0.2) is 44.6 Å². The van der Waals surface area contributed by atoms with E-state index >= 15 is 0 Å². The molecule has 0 aliphatic carbocycles. The highest BCUT2D eigenvalue weighted by Gasteiger charge is 2.24. The van der Waals surface area contributed by atoms with E-state index in [4.69, 9.17) is 16.5 Å². The van der Waals surface area contributed by atoms with Gasteiger partial charge in [0.1, 0.15) is 17.9 Å². The van der Waals surface area contributed by atoms with Crippen LogP contribution in [0.1, 0.15) is 10.4 Å². The summed E-state index contributed by atoms with van der Waals surface area (Å²) in [6, 6.07) is 9.17. The van der Waals surface area contributed by atoms with Crippen LogP contribution in [-0.2, 0) is 14.8 Å². The second-order valence-electron chi connectivity index (χ2n) is 7.08. The van der Waals surface area contributed by atoms with E-state index in [0.29, 0.717) is 10.9 Å². The lowest BCUT2D eigenvalue weighted by Crippen LogP contribution is -2.26. The molecule has 9 nitrogen and oxygen atoms in total. The number of halogens is 2. The third kappa shape index (κ3) is 4.17. The lowest BCUT2D eigenvalue weighted by Gasteiger charge is -2.20. The van der Waals surface area contributed by atoms with Crippen LogP contribution in [0.15, 0.2) is 58.4 Å². The van der Waals surface area contributed by atoms with Crippen molar-refractivity contribution >= 4 is 55.3 Å². The molecule has 0 bridgehead atoms. The van der Waals surface area contributed by atoms with E-state index in [1.807, 2.05) is 0 Å². The van der Waals surface area contributed by atoms with E-state index in [1.165, 1.54) is 43.6 Å². The predicted octanol–water partition coefficient (Wildman–Crippen LogP) is 2.87. The highest BCUT2D eigenvalue weighted by atomic mass is 35.5. The fourth-order valence-corrected chi connectivity index (χ4v) is 4.74. The lowest BCUT2D eigenvalue weighted by atomic mass is 10.1. The minimum Gasteiger partial charge on any atom is -0.461 e. The normalized spacial score (nSPS) is 11.7. The highest BCUT2D eigenvalue weighted by molar-refractivity contribution is 7.92. The zero-order valence-corrected chi connectivity index (χ0v) is 18.8. The number of benzene rings is 2. The van der Waals surface area contributed by atoms with E-state index in [2.05, 4.69) is 14.8 Å². The van der Waals surface area contributed by atoms with E-state index in [-0.39, 0.29) is 40.2 Å². The number of aromatic nitrogens is 2. The molecular formula is C21H18ClFN4O5S. The van der Waals surface area contributed by atoms with Gasteiger partial charge in [0.05, 0.1) is 16.1 Å². The minimum atomic E-state index is -4.04. The Morgan fingerprint density at radius 3 is 2.64 bits per heavy atom. The molecule has 4 aromatic rings. The van der Waals surface area contributed by atoms with E-state index in [0.717, 1.165) is 16.4 Å². The first-order chi connectivity index (χ1) is 15.7. The molecule has 0 radical (unpaired) electrons. The molecule has 0 amide bonds. The minimum absolute atomic E-state index is 0.00176. The second kappa shape index (κ2) is 8.85. The molecular weight excluding hydrogens is 475 g/mol. The highest BCUT2D eigenvalue weighted by Crippen LogP contribution is 2.29. The van der Waals surface area contributed by atoms with Crippen molar-refractivity contribution in [2.45, 2.75) is 4.90 Å². The zero-order chi connectivity index (χ0) is 23.8. The standard InChI is InChI=1S/C21H18ClFN4O5S/c1-27(13-4-2-12(23)3-5-13)33(30,31)14-6-7-17-15(10-14)18-16(21(29)32-9-8-25-22)11-24-19(18)20(28)26-17/h2-7,10-11,24-25H,8-9H2,1H3,(H,26,28).